The van der Waals surface area contributed by atoms with Crippen molar-refractivity contribution in [3.63, 3.8) is 0 Å². The fourth-order valence-corrected chi connectivity index (χ4v) is 2.55. The third kappa shape index (κ3) is 2.18. The van der Waals surface area contributed by atoms with Gasteiger partial charge in [-0.3, -0.25) is 0 Å². The van der Waals surface area contributed by atoms with Crippen LogP contribution in [0.15, 0.2) is 36.5 Å². The van der Waals surface area contributed by atoms with Gasteiger partial charge in [0.1, 0.15) is 5.65 Å². The van der Waals surface area contributed by atoms with Crippen LogP contribution < -0.4 is 5.73 Å². The summed E-state index contributed by atoms with van der Waals surface area (Å²) < 4.78 is 2.04. The highest BCUT2D eigenvalue weighted by Gasteiger charge is 2.11. The maximum absolute atomic E-state index is 6.08. The molecule has 0 aliphatic carbocycles. The number of benzene rings is 1. The Bertz CT molecular complexity index is 793. The molecule has 0 aliphatic rings. The highest BCUT2D eigenvalue weighted by molar-refractivity contribution is 6.42. The highest BCUT2D eigenvalue weighted by Crippen LogP contribution is 2.30. The van der Waals surface area contributed by atoms with Crippen LogP contribution in [0.3, 0.4) is 0 Å². The average molecular weight is 306 g/mol. The van der Waals surface area contributed by atoms with Crippen LogP contribution in [0.5, 0.6) is 0 Å². The van der Waals surface area contributed by atoms with E-state index < -0.39 is 0 Å². The summed E-state index contributed by atoms with van der Waals surface area (Å²) in [4.78, 5) is 4.67. The minimum Gasteiger partial charge on any atom is -0.326 e. The number of nitrogens with zero attached hydrogens (tertiary/aromatic N) is 2. The zero-order valence-corrected chi connectivity index (χ0v) is 12.4. The largest absolute Gasteiger partial charge is 0.326 e. The van der Waals surface area contributed by atoms with E-state index in [1.165, 1.54) is 0 Å². The van der Waals surface area contributed by atoms with Gasteiger partial charge in [0.05, 0.1) is 15.7 Å². The molecule has 1 aromatic carbocycles. The van der Waals surface area contributed by atoms with Crippen molar-refractivity contribution in [3.8, 4) is 11.3 Å². The van der Waals surface area contributed by atoms with Crippen LogP contribution >= 0.6 is 23.2 Å². The number of aromatic nitrogens is 2. The van der Waals surface area contributed by atoms with Crippen LogP contribution in [0.4, 0.5) is 0 Å². The Morgan fingerprint density at radius 3 is 2.65 bits per heavy atom. The van der Waals surface area contributed by atoms with Crippen molar-refractivity contribution in [1.82, 2.24) is 9.38 Å². The minimum absolute atomic E-state index is 0.504. The van der Waals surface area contributed by atoms with Gasteiger partial charge in [-0.1, -0.05) is 29.3 Å². The first-order valence-electron chi connectivity index (χ1n) is 6.23. The van der Waals surface area contributed by atoms with Crippen molar-refractivity contribution in [2.45, 2.75) is 13.5 Å². The summed E-state index contributed by atoms with van der Waals surface area (Å²) in [6.07, 6.45) is 1.99. The smallest absolute Gasteiger partial charge is 0.137 e. The molecule has 2 aromatic heterocycles. The molecule has 102 valence electrons. The maximum atomic E-state index is 6.08. The third-order valence-corrected chi connectivity index (χ3v) is 4.10. The molecule has 0 spiro atoms. The fraction of sp³-hybridized carbons (Fsp3) is 0.133. The van der Waals surface area contributed by atoms with Crippen LogP contribution in [0.2, 0.25) is 10.0 Å². The maximum Gasteiger partial charge on any atom is 0.137 e. The van der Waals surface area contributed by atoms with E-state index >= 15 is 0 Å². The zero-order valence-electron chi connectivity index (χ0n) is 10.9. The van der Waals surface area contributed by atoms with Crippen molar-refractivity contribution in [2.24, 2.45) is 5.73 Å². The van der Waals surface area contributed by atoms with Crippen molar-refractivity contribution < 1.29 is 0 Å². The van der Waals surface area contributed by atoms with E-state index in [2.05, 4.69) is 4.98 Å². The van der Waals surface area contributed by atoms with Crippen LogP contribution in [-0.4, -0.2) is 9.38 Å². The average Bonchev–Trinajstić information content (AvgIpc) is 2.78. The Balaban J connectivity index is 2.20. The lowest BCUT2D eigenvalue weighted by Gasteiger charge is -2.02. The standard InChI is InChI=1S/C15H13Cl2N3/c1-9-15(11-2-3-12(16)13(17)7-11)19-14-6-10(8-18)4-5-20(9)14/h2-7H,8,18H2,1H3. The number of pyridine rings is 1. The van der Waals surface area contributed by atoms with E-state index in [9.17, 15) is 0 Å². The summed E-state index contributed by atoms with van der Waals surface area (Å²) in [7, 11) is 0. The summed E-state index contributed by atoms with van der Waals surface area (Å²) in [6, 6.07) is 9.54. The molecule has 3 nitrogen and oxygen atoms in total. The summed E-state index contributed by atoms with van der Waals surface area (Å²) in [5.74, 6) is 0. The number of hydrogen-bond donors (Lipinski definition) is 1. The molecule has 2 heterocycles. The highest BCUT2D eigenvalue weighted by atomic mass is 35.5. The van der Waals surface area contributed by atoms with Gasteiger partial charge < -0.3 is 10.1 Å². The van der Waals surface area contributed by atoms with Crippen molar-refractivity contribution in [2.75, 3.05) is 0 Å². The second kappa shape index (κ2) is 5.09. The van der Waals surface area contributed by atoms with Gasteiger partial charge in [-0.2, -0.15) is 0 Å². The van der Waals surface area contributed by atoms with Crippen molar-refractivity contribution >= 4 is 28.8 Å². The summed E-state index contributed by atoms with van der Waals surface area (Å²) in [5.41, 5.74) is 10.5. The van der Waals surface area contributed by atoms with E-state index in [-0.39, 0.29) is 0 Å². The van der Waals surface area contributed by atoms with Gasteiger partial charge in [-0.05, 0) is 36.8 Å². The van der Waals surface area contributed by atoms with Gasteiger partial charge in [-0.15, -0.1) is 0 Å². The lowest BCUT2D eigenvalue weighted by molar-refractivity contribution is 1.04. The normalized spacial score (nSPS) is 11.2. The Morgan fingerprint density at radius 1 is 1.15 bits per heavy atom. The third-order valence-electron chi connectivity index (χ3n) is 3.36. The Morgan fingerprint density at radius 2 is 1.95 bits per heavy atom. The molecule has 3 aromatic rings. The summed E-state index contributed by atoms with van der Waals surface area (Å²) >= 11 is 12.0. The topological polar surface area (TPSA) is 43.3 Å². The summed E-state index contributed by atoms with van der Waals surface area (Å²) in [6.45, 7) is 2.53. The van der Waals surface area contributed by atoms with E-state index in [0.29, 0.717) is 16.6 Å². The van der Waals surface area contributed by atoms with Gasteiger partial charge in [0.25, 0.3) is 0 Å². The summed E-state index contributed by atoms with van der Waals surface area (Å²) in [5, 5.41) is 1.07. The lowest BCUT2D eigenvalue weighted by Crippen LogP contribution is -1.97. The van der Waals surface area contributed by atoms with Gasteiger partial charge >= 0.3 is 0 Å². The van der Waals surface area contributed by atoms with Gasteiger partial charge in [-0.25, -0.2) is 4.98 Å². The first kappa shape index (κ1) is 13.4. The number of fused-ring (bicyclic) bond motifs is 1. The number of nitrogens with two attached hydrogens (primary N) is 1. The molecule has 3 rings (SSSR count). The molecular formula is C15H13Cl2N3. The Labute approximate surface area is 127 Å². The second-order valence-electron chi connectivity index (χ2n) is 4.64. The van der Waals surface area contributed by atoms with Crippen LogP contribution in [0.25, 0.3) is 16.9 Å². The molecule has 0 unspecified atom stereocenters. The number of imidazole rings is 1. The SMILES string of the molecule is Cc1c(-c2ccc(Cl)c(Cl)c2)nc2cc(CN)ccn12. The molecule has 0 fully saturated rings. The first-order chi connectivity index (χ1) is 9.60. The van der Waals surface area contributed by atoms with E-state index in [0.717, 1.165) is 28.2 Å². The van der Waals surface area contributed by atoms with Gasteiger partial charge in [0.2, 0.25) is 0 Å². The lowest BCUT2D eigenvalue weighted by atomic mass is 10.1. The van der Waals surface area contributed by atoms with E-state index in [1.807, 2.05) is 41.8 Å². The molecule has 0 amide bonds. The molecule has 0 bridgehead atoms. The molecule has 20 heavy (non-hydrogen) atoms. The molecule has 0 saturated carbocycles. The number of rotatable bonds is 2. The molecule has 0 aliphatic heterocycles. The quantitative estimate of drug-likeness (QED) is 0.775. The molecule has 0 radical (unpaired) electrons. The fourth-order valence-electron chi connectivity index (χ4n) is 2.25. The predicted molar refractivity (Wildman–Crippen MR) is 83.3 cm³/mol. The molecule has 2 N–H and O–H groups in total. The predicted octanol–water partition coefficient (Wildman–Crippen LogP) is 4.08. The number of halogens is 2. The van der Waals surface area contributed by atoms with Gasteiger partial charge in [0.15, 0.2) is 0 Å². The molecule has 5 heteroatoms. The monoisotopic (exact) mass is 305 g/mol. The molecular weight excluding hydrogens is 293 g/mol. The van der Waals surface area contributed by atoms with Crippen LogP contribution in [0.1, 0.15) is 11.3 Å². The molecule has 0 atom stereocenters. The minimum atomic E-state index is 0.504. The Kier molecular flexibility index (Phi) is 3.42. The van der Waals surface area contributed by atoms with Crippen molar-refractivity contribution in [1.29, 1.82) is 0 Å². The van der Waals surface area contributed by atoms with Gasteiger partial charge in [0, 0.05) is 24.0 Å². The van der Waals surface area contributed by atoms with Crippen LogP contribution in [-0.2, 0) is 6.54 Å². The van der Waals surface area contributed by atoms with Crippen LogP contribution in [0, 0.1) is 6.92 Å². The van der Waals surface area contributed by atoms with E-state index in [1.54, 1.807) is 6.07 Å². The second-order valence-corrected chi connectivity index (χ2v) is 5.46. The Hall–Kier alpha value is -1.55. The number of hydrogen-bond acceptors (Lipinski definition) is 2. The van der Waals surface area contributed by atoms with E-state index in [4.69, 9.17) is 28.9 Å². The van der Waals surface area contributed by atoms with Crippen molar-refractivity contribution in [3.05, 3.63) is 57.8 Å². The first-order valence-corrected chi connectivity index (χ1v) is 6.99. The number of aryl methyl sites for hydroxylation is 1. The molecule has 0 saturated heterocycles. The zero-order chi connectivity index (χ0) is 14.3.